The summed E-state index contributed by atoms with van der Waals surface area (Å²) in [4.78, 5) is 35.7. The summed E-state index contributed by atoms with van der Waals surface area (Å²) in [5.41, 5.74) is 2.57. The molecular formula is C23H33N7O. The van der Waals surface area contributed by atoms with E-state index in [2.05, 4.69) is 47.7 Å². The zero-order chi connectivity index (χ0) is 21.2. The lowest BCUT2D eigenvalue weighted by Gasteiger charge is -2.43. The van der Waals surface area contributed by atoms with Crippen LogP contribution in [0, 0.1) is 5.92 Å². The zero-order valence-corrected chi connectivity index (χ0v) is 18.5. The molecule has 5 rings (SSSR count). The molecule has 0 N–H and O–H groups in total. The summed E-state index contributed by atoms with van der Waals surface area (Å²) in [7, 11) is 2.21. The van der Waals surface area contributed by atoms with E-state index in [1.807, 2.05) is 6.20 Å². The van der Waals surface area contributed by atoms with Crippen molar-refractivity contribution in [1.82, 2.24) is 29.7 Å². The van der Waals surface area contributed by atoms with Gasteiger partial charge in [0.25, 0.3) is 0 Å². The maximum Gasteiger partial charge on any atom is 0.225 e. The fraction of sp³-hybridized carbons (Fsp3) is 0.652. The van der Waals surface area contributed by atoms with Gasteiger partial charge in [0.2, 0.25) is 5.91 Å². The Bertz CT molecular complexity index is 898. The minimum atomic E-state index is 0.152. The van der Waals surface area contributed by atoms with E-state index in [0.29, 0.717) is 17.6 Å². The second kappa shape index (κ2) is 9.04. The van der Waals surface area contributed by atoms with Crippen LogP contribution in [0.15, 0.2) is 24.7 Å². The molecule has 3 aliphatic rings. The minimum Gasteiger partial charge on any atom is -0.370 e. The third-order valence-electron chi connectivity index (χ3n) is 7.35. The maximum atomic E-state index is 13.1. The van der Waals surface area contributed by atoms with Crippen LogP contribution in [0.25, 0.3) is 11.2 Å². The highest BCUT2D eigenvalue weighted by Crippen LogP contribution is 2.26. The van der Waals surface area contributed by atoms with Crippen molar-refractivity contribution in [3.63, 3.8) is 0 Å². The molecule has 0 bridgehead atoms. The molecule has 0 aliphatic carbocycles. The van der Waals surface area contributed by atoms with Crippen molar-refractivity contribution in [3.8, 4) is 0 Å². The second-order valence-corrected chi connectivity index (χ2v) is 9.25. The smallest absolute Gasteiger partial charge is 0.225 e. The SMILES string of the molecule is CN1CCC(N2CCN(C(=O)C3CCN(c4cnc5nccnc5c4)CC3)CC2)CC1. The molecule has 0 spiro atoms. The lowest BCUT2D eigenvalue weighted by molar-refractivity contribution is -0.138. The van der Waals surface area contributed by atoms with Gasteiger partial charge in [-0.05, 0) is 51.9 Å². The fourth-order valence-corrected chi connectivity index (χ4v) is 5.33. The molecule has 0 saturated carbocycles. The van der Waals surface area contributed by atoms with E-state index in [0.717, 1.165) is 63.3 Å². The molecule has 3 fully saturated rings. The molecule has 0 radical (unpaired) electrons. The first-order valence-electron chi connectivity index (χ1n) is 11.7. The molecular weight excluding hydrogens is 390 g/mol. The van der Waals surface area contributed by atoms with Gasteiger partial charge in [-0.1, -0.05) is 0 Å². The Morgan fingerprint density at radius 1 is 0.871 bits per heavy atom. The van der Waals surface area contributed by atoms with Gasteiger partial charge in [0.05, 0.1) is 11.9 Å². The Morgan fingerprint density at radius 2 is 1.58 bits per heavy atom. The van der Waals surface area contributed by atoms with Gasteiger partial charge in [0.1, 0.15) is 5.52 Å². The van der Waals surface area contributed by atoms with Crippen molar-refractivity contribution in [1.29, 1.82) is 0 Å². The van der Waals surface area contributed by atoms with Gasteiger partial charge in [-0.15, -0.1) is 0 Å². The van der Waals surface area contributed by atoms with Crippen molar-refractivity contribution in [2.24, 2.45) is 5.92 Å². The van der Waals surface area contributed by atoms with Gasteiger partial charge >= 0.3 is 0 Å². The van der Waals surface area contributed by atoms with Crippen molar-refractivity contribution in [2.45, 2.75) is 31.7 Å². The van der Waals surface area contributed by atoms with Crippen LogP contribution in [0.4, 0.5) is 5.69 Å². The Labute approximate surface area is 184 Å². The van der Waals surface area contributed by atoms with Gasteiger partial charge in [-0.2, -0.15) is 0 Å². The predicted molar refractivity (Wildman–Crippen MR) is 121 cm³/mol. The second-order valence-electron chi connectivity index (χ2n) is 9.25. The number of likely N-dealkylation sites (tertiary alicyclic amines) is 1. The number of amides is 1. The topological polar surface area (TPSA) is 68.7 Å². The van der Waals surface area contributed by atoms with E-state index >= 15 is 0 Å². The fourth-order valence-electron chi connectivity index (χ4n) is 5.33. The van der Waals surface area contributed by atoms with Crippen LogP contribution in [0.3, 0.4) is 0 Å². The Balaban J connectivity index is 1.12. The summed E-state index contributed by atoms with van der Waals surface area (Å²) in [5.74, 6) is 0.518. The van der Waals surface area contributed by atoms with Crippen LogP contribution in [0.5, 0.6) is 0 Å². The number of piperazine rings is 1. The Morgan fingerprint density at radius 3 is 2.32 bits per heavy atom. The van der Waals surface area contributed by atoms with Crippen molar-refractivity contribution < 1.29 is 4.79 Å². The first kappa shape index (κ1) is 20.6. The average Bonchev–Trinajstić information content (AvgIpc) is 2.84. The molecule has 1 amide bonds. The molecule has 31 heavy (non-hydrogen) atoms. The van der Waals surface area contributed by atoms with Crippen LogP contribution < -0.4 is 4.90 Å². The molecule has 2 aromatic heterocycles. The van der Waals surface area contributed by atoms with Crippen LogP contribution in [-0.2, 0) is 4.79 Å². The zero-order valence-electron chi connectivity index (χ0n) is 18.5. The van der Waals surface area contributed by atoms with E-state index < -0.39 is 0 Å². The summed E-state index contributed by atoms with van der Waals surface area (Å²) >= 11 is 0. The highest BCUT2D eigenvalue weighted by atomic mass is 16.2. The van der Waals surface area contributed by atoms with Gasteiger partial charge in [0.15, 0.2) is 5.65 Å². The highest BCUT2D eigenvalue weighted by molar-refractivity contribution is 5.79. The van der Waals surface area contributed by atoms with Gasteiger partial charge in [-0.25, -0.2) is 9.97 Å². The molecule has 8 heteroatoms. The molecule has 3 aliphatic heterocycles. The number of pyridine rings is 1. The molecule has 5 heterocycles. The maximum absolute atomic E-state index is 13.1. The third kappa shape index (κ3) is 4.50. The monoisotopic (exact) mass is 423 g/mol. The normalized spacial score (nSPS) is 22.9. The van der Waals surface area contributed by atoms with Gasteiger partial charge in [-0.3, -0.25) is 14.7 Å². The molecule has 0 unspecified atom stereocenters. The first-order chi connectivity index (χ1) is 15.2. The molecule has 0 aromatic carbocycles. The number of aromatic nitrogens is 3. The van der Waals surface area contributed by atoms with E-state index in [1.54, 1.807) is 12.4 Å². The number of piperidine rings is 2. The summed E-state index contributed by atoms with van der Waals surface area (Å²) in [6.07, 6.45) is 9.58. The molecule has 3 saturated heterocycles. The summed E-state index contributed by atoms with van der Waals surface area (Å²) in [6.45, 7) is 8.00. The van der Waals surface area contributed by atoms with Crippen molar-refractivity contribution in [3.05, 3.63) is 24.7 Å². The van der Waals surface area contributed by atoms with E-state index in [4.69, 9.17) is 0 Å². The van der Waals surface area contributed by atoms with Crippen molar-refractivity contribution >= 4 is 22.8 Å². The van der Waals surface area contributed by atoms with Gasteiger partial charge < -0.3 is 14.7 Å². The van der Waals surface area contributed by atoms with Crippen LogP contribution >= 0.6 is 0 Å². The minimum absolute atomic E-state index is 0.152. The number of carbonyl (C=O) groups is 1. The number of nitrogens with zero attached hydrogens (tertiary/aromatic N) is 7. The van der Waals surface area contributed by atoms with E-state index in [-0.39, 0.29) is 5.92 Å². The number of hydrogen-bond acceptors (Lipinski definition) is 7. The summed E-state index contributed by atoms with van der Waals surface area (Å²) < 4.78 is 0. The van der Waals surface area contributed by atoms with E-state index in [1.165, 1.54) is 25.9 Å². The van der Waals surface area contributed by atoms with E-state index in [9.17, 15) is 4.79 Å². The number of rotatable bonds is 3. The number of carbonyl (C=O) groups excluding carboxylic acids is 1. The Kier molecular flexibility index (Phi) is 6.00. The molecule has 8 nitrogen and oxygen atoms in total. The number of anilines is 1. The number of hydrogen-bond donors (Lipinski definition) is 0. The molecule has 166 valence electrons. The number of fused-ring (bicyclic) bond motifs is 1. The Hall–Kier alpha value is -2.32. The largest absolute Gasteiger partial charge is 0.370 e. The predicted octanol–water partition coefficient (Wildman–Crippen LogP) is 1.48. The van der Waals surface area contributed by atoms with Gasteiger partial charge in [0, 0.05) is 63.6 Å². The van der Waals surface area contributed by atoms with Crippen LogP contribution in [-0.4, -0.2) is 101 Å². The molecule has 2 aromatic rings. The highest BCUT2D eigenvalue weighted by Gasteiger charge is 2.32. The standard InChI is InChI=1S/C23H33N7O/c1-27-8-4-19(5-9-27)29-12-14-30(15-13-29)23(31)18-2-10-28(11-3-18)20-16-21-22(26-17-20)25-7-6-24-21/h6-7,16-19H,2-5,8-15H2,1H3. The summed E-state index contributed by atoms with van der Waals surface area (Å²) in [6, 6.07) is 2.76. The third-order valence-corrected chi connectivity index (χ3v) is 7.35. The summed E-state index contributed by atoms with van der Waals surface area (Å²) in [5, 5.41) is 0. The lowest BCUT2D eigenvalue weighted by Crippen LogP contribution is -2.55. The van der Waals surface area contributed by atoms with Crippen molar-refractivity contribution in [2.75, 3.05) is 64.3 Å². The van der Waals surface area contributed by atoms with Crippen LogP contribution in [0.1, 0.15) is 25.7 Å². The van der Waals surface area contributed by atoms with Crippen LogP contribution in [0.2, 0.25) is 0 Å². The first-order valence-corrected chi connectivity index (χ1v) is 11.7. The quantitative estimate of drug-likeness (QED) is 0.741. The average molecular weight is 424 g/mol. The molecule has 0 atom stereocenters. The lowest BCUT2D eigenvalue weighted by atomic mass is 9.94.